The van der Waals surface area contributed by atoms with E-state index in [0.29, 0.717) is 0 Å². The molecule has 1 nitrogen and oxygen atoms in total. The summed E-state index contributed by atoms with van der Waals surface area (Å²) in [6.45, 7) is 4.32. The van der Waals surface area contributed by atoms with E-state index in [-0.39, 0.29) is 5.41 Å². The maximum absolute atomic E-state index is 3.83. The number of benzene rings is 5. The van der Waals surface area contributed by atoms with Crippen molar-refractivity contribution < 1.29 is 0 Å². The molecule has 0 unspecified atom stereocenters. The first-order valence-corrected chi connectivity index (χ1v) is 12.0. The number of anilines is 2. The monoisotopic (exact) mass is 435 g/mol. The van der Waals surface area contributed by atoms with Gasteiger partial charge in [0.1, 0.15) is 0 Å². The van der Waals surface area contributed by atoms with Crippen molar-refractivity contribution in [1.29, 1.82) is 0 Å². The second kappa shape index (κ2) is 6.95. The molecule has 0 fully saturated rings. The van der Waals surface area contributed by atoms with Gasteiger partial charge in [-0.2, -0.15) is 0 Å². The van der Waals surface area contributed by atoms with Crippen LogP contribution in [0.2, 0.25) is 0 Å². The topological polar surface area (TPSA) is 12.0 Å². The first kappa shape index (κ1) is 19.4. The Morgan fingerprint density at radius 1 is 0.500 bits per heavy atom. The number of nitrogens with one attached hydrogen (secondary N) is 1. The lowest BCUT2D eigenvalue weighted by molar-refractivity contribution is 0.796. The second-order valence-corrected chi connectivity index (χ2v) is 9.62. The lowest BCUT2D eigenvalue weighted by atomic mass is 9.70. The molecule has 0 radical (unpaired) electrons. The lowest BCUT2D eigenvalue weighted by Gasteiger charge is -2.32. The average molecular weight is 436 g/mol. The standard InChI is InChI=1S/C33H25N/c1-21-18-22(2)20-23(19-21)34-31-17-9-13-27-26-12-5-8-16-30(26)33(32(27)31)28-14-6-3-10-24(28)25-11-4-7-15-29(25)33/h3-20,34H,1-2H3. The van der Waals surface area contributed by atoms with E-state index in [9.17, 15) is 0 Å². The van der Waals surface area contributed by atoms with E-state index in [2.05, 4.69) is 128 Å². The zero-order valence-corrected chi connectivity index (χ0v) is 19.4. The van der Waals surface area contributed by atoms with E-state index in [1.165, 1.54) is 61.3 Å². The van der Waals surface area contributed by atoms with Gasteiger partial charge in [-0.05, 0) is 82.1 Å². The Kier molecular flexibility index (Phi) is 3.96. The van der Waals surface area contributed by atoms with Crippen molar-refractivity contribution in [2.24, 2.45) is 0 Å². The molecule has 0 amide bonds. The average Bonchev–Trinajstić information content (AvgIpc) is 3.32. The minimum atomic E-state index is -0.332. The van der Waals surface area contributed by atoms with Gasteiger partial charge in [0.15, 0.2) is 0 Å². The molecule has 2 aliphatic rings. The highest BCUT2D eigenvalue weighted by Gasteiger charge is 2.52. The molecule has 0 bridgehead atoms. The molecule has 0 saturated carbocycles. The Hall–Kier alpha value is -4.10. The van der Waals surface area contributed by atoms with Crippen LogP contribution < -0.4 is 5.32 Å². The Labute approximate surface area is 200 Å². The molecule has 5 aromatic rings. The van der Waals surface area contributed by atoms with E-state index < -0.39 is 0 Å². The van der Waals surface area contributed by atoms with Crippen LogP contribution in [0.15, 0.2) is 109 Å². The fourth-order valence-electron chi connectivity index (χ4n) is 6.46. The highest BCUT2D eigenvalue weighted by molar-refractivity contribution is 5.98. The third-order valence-electron chi connectivity index (χ3n) is 7.51. The van der Waals surface area contributed by atoms with Gasteiger partial charge in [-0.1, -0.05) is 91.0 Å². The molecule has 0 aromatic heterocycles. The smallest absolute Gasteiger partial charge is 0.0745 e. The van der Waals surface area contributed by atoms with Crippen LogP contribution in [0.4, 0.5) is 11.4 Å². The van der Waals surface area contributed by atoms with E-state index >= 15 is 0 Å². The number of hydrogen-bond acceptors (Lipinski definition) is 1. The van der Waals surface area contributed by atoms with Gasteiger partial charge in [0, 0.05) is 16.9 Å². The van der Waals surface area contributed by atoms with Gasteiger partial charge in [0.2, 0.25) is 0 Å². The molecule has 1 N–H and O–H groups in total. The van der Waals surface area contributed by atoms with Crippen LogP contribution in [0.3, 0.4) is 0 Å². The van der Waals surface area contributed by atoms with Gasteiger partial charge >= 0.3 is 0 Å². The van der Waals surface area contributed by atoms with Crippen LogP contribution in [0, 0.1) is 13.8 Å². The fraction of sp³-hybridized carbons (Fsp3) is 0.0909. The molecule has 5 aromatic carbocycles. The predicted molar refractivity (Wildman–Crippen MR) is 142 cm³/mol. The van der Waals surface area contributed by atoms with Gasteiger partial charge in [-0.3, -0.25) is 0 Å². The zero-order valence-electron chi connectivity index (χ0n) is 19.4. The number of aryl methyl sites for hydroxylation is 2. The molecule has 0 aliphatic heterocycles. The highest BCUT2D eigenvalue weighted by atomic mass is 14.9. The summed E-state index contributed by atoms with van der Waals surface area (Å²) in [6, 6.07) is 40.3. The quantitative estimate of drug-likeness (QED) is 0.287. The molecular weight excluding hydrogens is 410 g/mol. The highest BCUT2D eigenvalue weighted by Crippen LogP contribution is 2.64. The van der Waals surface area contributed by atoms with Crippen molar-refractivity contribution in [3.63, 3.8) is 0 Å². The van der Waals surface area contributed by atoms with E-state index in [1.54, 1.807) is 0 Å². The summed E-state index contributed by atoms with van der Waals surface area (Å²) in [7, 11) is 0. The molecule has 1 heteroatoms. The third-order valence-corrected chi connectivity index (χ3v) is 7.51. The van der Waals surface area contributed by atoms with Crippen molar-refractivity contribution in [2.75, 3.05) is 5.32 Å². The Morgan fingerprint density at radius 3 is 1.53 bits per heavy atom. The van der Waals surface area contributed by atoms with Crippen LogP contribution in [0.25, 0.3) is 22.3 Å². The maximum Gasteiger partial charge on any atom is 0.0745 e. The molecule has 2 aliphatic carbocycles. The van der Waals surface area contributed by atoms with E-state index in [1.807, 2.05) is 0 Å². The zero-order chi connectivity index (χ0) is 22.9. The minimum Gasteiger partial charge on any atom is -0.355 e. The normalized spacial score (nSPS) is 13.8. The fourth-order valence-corrected chi connectivity index (χ4v) is 6.46. The summed E-state index contributed by atoms with van der Waals surface area (Å²) >= 11 is 0. The van der Waals surface area contributed by atoms with Gasteiger partial charge < -0.3 is 5.32 Å². The number of fused-ring (bicyclic) bond motifs is 10. The first-order chi connectivity index (χ1) is 16.7. The molecule has 0 heterocycles. The van der Waals surface area contributed by atoms with Crippen molar-refractivity contribution >= 4 is 11.4 Å². The Morgan fingerprint density at radius 2 is 0.971 bits per heavy atom. The Bertz CT molecular complexity index is 1520. The summed E-state index contributed by atoms with van der Waals surface area (Å²) in [5.41, 5.74) is 15.3. The molecule has 7 rings (SSSR count). The molecule has 34 heavy (non-hydrogen) atoms. The van der Waals surface area contributed by atoms with Crippen LogP contribution in [-0.2, 0) is 5.41 Å². The van der Waals surface area contributed by atoms with Crippen LogP contribution in [-0.4, -0.2) is 0 Å². The van der Waals surface area contributed by atoms with Gasteiger partial charge in [-0.25, -0.2) is 0 Å². The molecule has 162 valence electrons. The molecule has 0 saturated heterocycles. The number of rotatable bonds is 2. The maximum atomic E-state index is 3.83. The Balaban J connectivity index is 1.59. The predicted octanol–water partition coefficient (Wildman–Crippen LogP) is 8.39. The van der Waals surface area contributed by atoms with Crippen LogP contribution in [0.1, 0.15) is 33.4 Å². The largest absolute Gasteiger partial charge is 0.355 e. The second-order valence-electron chi connectivity index (χ2n) is 9.62. The SMILES string of the molecule is Cc1cc(C)cc(Nc2cccc3c2C2(c4ccccc4-c4ccccc42)c2ccccc2-3)c1. The van der Waals surface area contributed by atoms with Gasteiger partial charge in [-0.15, -0.1) is 0 Å². The molecule has 0 atom stereocenters. The van der Waals surface area contributed by atoms with E-state index in [0.717, 1.165) is 5.69 Å². The van der Waals surface area contributed by atoms with Crippen molar-refractivity contribution in [2.45, 2.75) is 19.3 Å². The summed E-state index contributed by atoms with van der Waals surface area (Å²) in [6.07, 6.45) is 0. The lowest BCUT2D eigenvalue weighted by Crippen LogP contribution is -2.26. The minimum absolute atomic E-state index is 0.332. The first-order valence-electron chi connectivity index (χ1n) is 12.0. The van der Waals surface area contributed by atoms with Gasteiger partial charge in [0.25, 0.3) is 0 Å². The van der Waals surface area contributed by atoms with Crippen LogP contribution >= 0.6 is 0 Å². The van der Waals surface area contributed by atoms with Crippen molar-refractivity contribution in [3.8, 4) is 22.3 Å². The summed E-state index contributed by atoms with van der Waals surface area (Å²) in [4.78, 5) is 0. The van der Waals surface area contributed by atoms with Crippen molar-refractivity contribution in [1.82, 2.24) is 0 Å². The summed E-state index contributed by atoms with van der Waals surface area (Å²) in [5, 5.41) is 3.83. The third kappa shape index (κ3) is 2.44. The molecular formula is C33H25N. The van der Waals surface area contributed by atoms with E-state index in [4.69, 9.17) is 0 Å². The summed E-state index contributed by atoms with van der Waals surface area (Å²) in [5.74, 6) is 0. The van der Waals surface area contributed by atoms with Gasteiger partial charge in [0.05, 0.1) is 5.41 Å². The van der Waals surface area contributed by atoms with Crippen LogP contribution in [0.5, 0.6) is 0 Å². The number of hydrogen-bond donors (Lipinski definition) is 1. The molecule has 1 spiro atoms. The summed E-state index contributed by atoms with van der Waals surface area (Å²) < 4.78 is 0. The van der Waals surface area contributed by atoms with Crippen molar-refractivity contribution in [3.05, 3.63) is 143 Å².